The van der Waals surface area contributed by atoms with Crippen molar-refractivity contribution in [2.45, 2.75) is 0 Å². The van der Waals surface area contributed by atoms with Gasteiger partial charge in [-0.25, -0.2) is 0 Å². The maximum atomic E-state index is 8.57. The van der Waals surface area contributed by atoms with Gasteiger partial charge in [0.2, 0.25) is 0 Å². The Morgan fingerprint density at radius 2 is 1.20 bits per heavy atom. The molecule has 0 rings (SSSR count). The van der Waals surface area contributed by atoms with Crippen molar-refractivity contribution < 1.29 is 61.5 Å². The molecule has 0 saturated carbocycles. The molecule has 5 heteroatoms. The van der Waals surface area contributed by atoms with Crippen molar-refractivity contribution in [3.8, 4) is 0 Å². The zero-order valence-electron chi connectivity index (χ0n) is 2.43. The Bertz CT molecular complexity index is 36.2. The first-order chi connectivity index (χ1) is 2.41. The molecule has 0 aliphatic carbocycles. The Morgan fingerprint density at radius 3 is 1.20 bits per heavy atom. The van der Waals surface area contributed by atoms with Crippen molar-refractivity contribution in [2.75, 3.05) is 0 Å². The Kier molecular flexibility index (Phi) is 35.0. The molecule has 0 fully saturated rings. The van der Waals surface area contributed by atoms with Gasteiger partial charge in [-0.2, -0.15) is 0 Å². The summed E-state index contributed by atoms with van der Waals surface area (Å²) in [5.41, 5.74) is 0. The van der Waals surface area contributed by atoms with Gasteiger partial charge in [0.15, 0.2) is 0 Å². The molecule has 0 aliphatic heterocycles. The molecule has 0 saturated heterocycles. The van der Waals surface area contributed by atoms with Crippen LogP contribution in [0.5, 0.6) is 0 Å². The molecule has 0 unspecified atom stereocenters. The molecule has 0 radical (unpaired) electrons. The Morgan fingerprint density at radius 1 is 1.20 bits per heavy atom. The second kappa shape index (κ2) is 18.1. The molecule has 0 aromatic heterocycles. The zero-order chi connectivity index (χ0) is 4.71. The van der Waals surface area contributed by atoms with E-state index >= 15 is 0 Å². The van der Waals surface area contributed by atoms with Gasteiger partial charge in [0.05, 0.1) is 0 Å². The fourth-order valence-electron chi connectivity index (χ4n) is 0. The van der Waals surface area contributed by atoms with E-state index < -0.39 is 37.8 Å². The molecule has 0 aromatic carbocycles. The van der Waals surface area contributed by atoms with Crippen LogP contribution in [0.4, 0.5) is 0 Å². The molecule has 0 heterocycles. The third-order valence-corrected chi connectivity index (χ3v) is 0. The molecule has 0 spiro atoms. The Balaban J connectivity index is 0. The second-order valence-corrected chi connectivity index (χ2v) is 0.607. The molecular weight excluding hydrogens is 254 g/mol. The van der Waals surface area contributed by atoms with Crippen molar-refractivity contribution in [1.82, 2.24) is 0 Å². The summed E-state index contributed by atoms with van der Waals surface area (Å²) in [6.07, 6.45) is 0. The van der Waals surface area contributed by atoms with Crippen LogP contribution in [0.3, 0.4) is 0 Å². The van der Waals surface area contributed by atoms with Crippen molar-refractivity contribution in [3.05, 3.63) is 0 Å². The molecule has 0 aliphatic rings. The van der Waals surface area contributed by atoms with Gasteiger partial charge in [0.1, 0.15) is 0 Å². The average molecular weight is 254 g/mol. The van der Waals surface area contributed by atoms with E-state index in [2.05, 4.69) is 0 Å². The van der Waals surface area contributed by atoms with Crippen LogP contribution < -0.4 is 0 Å². The summed E-state index contributed by atoms with van der Waals surface area (Å²) >= 11 is -2.29. The van der Waals surface area contributed by atoms with Gasteiger partial charge in [-0.15, -0.1) is 0 Å². The summed E-state index contributed by atoms with van der Waals surface area (Å²) in [5.74, 6) is 0. The molecule has 24 valence electrons. The van der Waals surface area contributed by atoms with Gasteiger partial charge in [0, 0.05) is 0 Å². The van der Waals surface area contributed by atoms with Crippen LogP contribution in [0.2, 0.25) is 0 Å². The Hall–Kier alpha value is 1.40. The van der Waals surface area contributed by atoms with Crippen LogP contribution >= 0.6 is 0 Å². The van der Waals surface area contributed by atoms with Crippen LogP contribution in [-0.4, -0.2) is 0 Å². The van der Waals surface area contributed by atoms with Crippen molar-refractivity contribution in [2.24, 2.45) is 0 Å². The fraction of sp³-hybridized carbons (Fsp3) is 0. The first-order valence-corrected chi connectivity index (χ1v) is 4.47. The van der Waals surface area contributed by atoms with Crippen molar-refractivity contribution in [3.63, 3.8) is 0 Å². The molecule has 0 aromatic rings. The summed E-state index contributed by atoms with van der Waals surface area (Å²) in [5, 5.41) is 0. The number of rotatable bonds is 0. The molecule has 3 nitrogen and oxygen atoms in total. The molecule has 0 amide bonds. The minimum atomic E-state index is -2.42. The summed E-state index contributed by atoms with van der Waals surface area (Å²) < 4.78 is 25.5. The average Bonchev–Trinajstić information content (AvgIpc) is 1.46. The van der Waals surface area contributed by atoms with Crippen LogP contribution in [0.1, 0.15) is 0 Å². The van der Waals surface area contributed by atoms with Crippen LogP contribution in [-0.2, 0) is 23.7 Å². The topological polar surface area (TPSA) is 51.2 Å². The van der Waals surface area contributed by atoms with Gasteiger partial charge in [0.25, 0.3) is 0 Å². The summed E-state index contributed by atoms with van der Waals surface area (Å²) in [4.78, 5) is 0. The Labute approximate surface area is 60.4 Å². The number of hydrogen-bond acceptors (Lipinski definition) is 3. The molecule has 0 atom stereocenters. The molecule has 0 bridgehead atoms. The molecule has 0 N–H and O–H groups in total. The summed E-state index contributed by atoms with van der Waals surface area (Å²) in [7, 11) is 0. The van der Waals surface area contributed by atoms with Crippen LogP contribution in [0.25, 0.3) is 0 Å². The third kappa shape index (κ3) is 31.8. The SMILES string of the molecule is [O]=[Ce]=[O].[O]=[Zn]. The second-order valence-electron chi connectivity index (χ2n) is 0.0833. The zero-order valence-corrected chi connectivity index (χ0v) is 8.54. The van der Waals surface area contributed by atoms with E-state index in [4.69, 9.17) is 5.45 Å². The van der Waals surface area contributed by atoms with E-state index in [1.165, 1.54) is 0 Å². The summed E-state index contributed by atoms with van der Waals surface area (Å²) in [6.45, 7) is 0. The third-order valence-electron chi connectivity index (χ3n) is 0. The van der Waals surface area contributed by atoms with E-state index in [1.807, 2.05) is 0 Å². The quantitative estimate of drug-likeness (QED) is 0.554. The first kappa shape index (κ1) is 9.64. The predicted octanol–water partition coefficient (Wildman–Crippen LogP) is -0.359. The van der Waals surface area contributed by atoms with Gasteiger partial charge in [-0.05, 0) is 0 Å². The van der Waals surface area contributed by atoms with Gasteiger partial charge in [-0.3, -0.25) is 0 Å². The van der Waals surface area contributed by atoms with E-state index in [9.17, 15) is 0 Å². The van der Waals surface area contributed by atoms with Gasteiger partial charge >= 0.3 is 61.5 Å². The molecular formula is CeO3Zn. The van der Waals surface area contributed by atoms with Gasteiger partial charge < -0.3 is 0 Å². The van der Waals surface area contributed by atoms with Crippen LogP contribution in [0, 0.1) is 37.8 Å². The fourth-order valence-corrected chi connectivity index (χ4v) is 0. The minimum absolute atomic E-state index is 0.125. The van der Waals surface area contributed by atoms with E-state index in [1.54, 1.807) is 0 Å². The van der Waals surface area contributed by atoms with E-state index in [0.29, 0.717) is 0 Å². The van der Waals surface area contributed by atoms with E-state index in [-0.39, 0.29) is 18.3 Å². The predicted molar refractivity (Wildman–Crippen MR) is 2.06 cm³/mol. The maximum absolute atomic E-state index is 8.57. The standard InChI is InChI=1S/Ce.3O.Zn. The van der Waals surface area contributed by atoms with Crippen LogP contribution in [0.15, 0.2) is 0 Å². The van der Waals surface area contributed by atoms with E-state index in [0.717, 1.165) is 0 Å². The van der Waals surface area contributed by atoms with Crippen molar-refractivity contribution in [1.29, 1.82) is 0 Å². The van der Waals surface area contributed by atoms with Gasteiger partial charge in [-0.1, -0.05) is 0 Å². The molecule has 5 heavy (non-hydrogen) atoms. The van der Waals surface area contributed by atoms with Crippen molar-refractivity contribution >= 4 is 0 Å². The monoisotopic (exact) mass is 252 g/mol. The number of hydrogen-bond donors (Lipinski definition) is 0. The first-order valence-electron chi connectivity index (χ1n) is 0.697. The summed E-state index contributed by atoms with van der Waals surface area (Å²) in [6, 6.07) is 0. The normalized spacial score (nSPS) is 2.80.